The maximum Gasteiger partial charge on any atom is 0.244 e. The Morgan fingerprint density at radius 1 is 1.22 bits per heavy atom. The number of carbonyl (C=O) groups is 3. The number of amides is 2. The first kappa shape index (κ1) is 38.1. The minimum atomic E-state index is -3.11. The van der Waals surface area contributed by atoms with E-state index in [0.717, 1.165) is 4.90 Å². The summed E-state index contributed by atoms with van der Waals surface area (Å²) in [6, 6.07) is 2.33. The van der Waals surface area contributed by atoms with Gasteiger partial charge < -0.3 is 39.6 Å². The van der Waals surface area contributed by atoms with E-state index in [4.69, 9.17) is 40.9 Å². The number of rotatable bonds is 15. The molecular weight excluding hydrogens is 577 g/mol. The fourth-order valence-electron chi connectivity index (χ4n) is 4.85. The smallest absolute Gasteiger partial charge is 0.244 e. The maximum atomic E-state index is 15.2. The molecule has 0 aliphatic carbocycles. The number of halogens is 1. The van der Waals surface area contributed by atoms with Gasteiger partial charge in [0.25, 0.3) is 0 Å². The molecule has 1 fully saturated rings. The number of hydrogen-bond acceptors (Lipinski definition) is 8. The second kappa shape index (κ2) is 15.9. The number of allylic oxidation sites excluding steroid dienone is 3. The van der Waals surface area contributed by atoms with Crippen LogP contribution in [0.3, 0.4) is 0 Å². The van der Waals surface area contributed by atoms with Crippen LogP contribution in [-0.2, 0) is 35.8 Å². The first-order chi connectivity index (χ1) is 21.0. The third-order valence-corrected chi connectivity index (χ3v) is 7.52. The van der Waals surface area contributed by atoms with E-state index >= 15 is 4.39 Å². The molecule has 1 saturated heterocycles. The van der Waals surface area contributed by atoms with Crippen LogP contribution in [0.25, 0.3) is 0 Å². The van der Waals surface area contributed by atoms with Crippen molar-refractivity contribution < 1.29 is 38.5 Å². The van der Waals surface area contributed by atoms with Gasteiger partial charge in [-0.3, -0.25) is 9.59 Å². The van der Waals surface area contributed by atoms with Crippen molar-refractivity contribution in [2.45, 2.75) is 68.9 Å². The molecule has 45 heavy (non-hydrogen) atoms. The number of aliphatic hydroxyl groups is 2. The fraction of sp³-hybridized carbons (Fsp3) is 0.500. The largest absolute Gasteiger partial charge is 0.496 e. The summed E-state index contributed by atoms with van der Waals surface area (Å²) in [5, 5.41) is 21.8. The van der Waals surface area contributed by atoms with Crippen molar-refractivity contribution in [3.63, 3.8) is 0 Å². The summed E-state index contributed by atoms with van der Waals surface area (Å²) in [7, 11) is 25.3. The zero-order valence-corrected chi connectivity index (χ0v) is 26.3. The highest BCUT2D eigenvalue weighted by atomic mass is 19.1. The summed E-state index contributed by atoms with van der Waals surface area (Å²) in [6.07, 6.45) is 6.11. The molecule has 15 heteroatoms. The van der Waals surface area contributed by atoms with E-state index < -0.39 is 40.6 Å². The van der Waals surface area contributed by atoms with Gasteiger partial charge >= 0.3 is 0 Å². The van der Waals surface area contributed by atoms with Crippen LogP contribution in [0.4, 0.5) is 4.39 Å². The standard InChI is InChI=1S/C30H38B4FN3O7/c1-6-7-8-19(2)23(14-37(18-40)26(27(41)36-5)29(32,43)28(31,42)17-39)16-44-15-22-9-10-24(11-25(22)35)30(33,34)38-12-20(3)45-21(4)13-38/h6-11,16-18,20-21,26,42-43H,12-15H2,1-5H3,(H,36,41)/b7-6-,19-8-,23-16+. The van der Waals surface area contributed by atoms with Crippen LogP contribution in [0.2, 0.25) is 0 Å². The zero-order valence-electron chi connectivity index (χ0n) is 26.3. The lowest BCUT2D eigenvalue weighted by Crippen LogP contribution is -2.71. The van der Waals surface area contributed by atoms with Gasteiger partial charge in [-0.2, -0.15) is 0 Å². The molecule has 1 aliphatic heterocycles. The molecule has 0 saturated carbocycles. The Morgan fingerprint density at radius 2 is 1.84 bits per heavy atom. The Hall–Kier alpha value is -3.12. The SMILES string of the molecule is [B]C([B])(c1ccc(CO/C=C(CN(C=O)C(C(=O)NC)C([B])(O)C([B])(O)C=O)/C(C)=C\C=C/C)c(F)c1)N1CC(C)OC(C)C1. The first-order valence-electron chi connectivity index (χ1n) is 14.3. The number of hydrogen-bond donors (Lipinski definition) is 3. The van der Waals surface area contributed by atoms with Gasteiger partial charge in [-0.15, -0.1) is 0 Å². The normalized spacial score (nSPS) is 21.8. The van der Waals surface area contributed by atoms with Crippen LogP contribution in [0.5, 0.6) is 0 Å². The number of carbonyl (C=O) groups excluding carboxylic acids is 3. The van der Waals surface area contributed by atoms with Gasteiger partial charge in [-0.05, 0) is 50.2 Å². The van der Waals surface area contributed by atoms with Crippen molar-refractivity contribution in [1.82, 2.24) is 15.1 Å². The molecule has 1 aromatic carbocycles. The van der Waals surface area contributed by atoms with E-state index in [1.165, 1.54) is 25.4 Å². The van der Waals surface area contributed by atoms with E-state index in [-0.39, 0.29) is 37.1 Å². The van der Waals surface area contributed by atoms with Crippen molar-refractivity contribution in [1.29, 1.82) is 0 Å². The topological polar surface area (TPSA) is 129 Å². The zero-order chi connectivity index (χ0) is 34.2. The van der Waals surface area contributed by atoms with Crippen LogP contribution in [0, 0.1) is 5.82 Å². The van der Waals surface area contributed by atoms with Gasteiger partial charge in [0.05, 0.1) is 45.2 Å². The molecule has 10 nitrogen and oxygen atoms in total. The second-order valence-corrected chi connectivity index (χ2v) is 11.2. The fourth-order valence-corrected chi connectivity index (χ4v) is 4.85. The molecule has 5 unspecified atom stereocenters. The maximum absolute atomic E-state index is 15.2. The van der Waals surface area contributed by atoms with Crippen LogP contribution >= 0.6 is 0 Å². The third-order valence-electron chi connectivity index (χ3n) is 7.52. The lowest BCUT2D eigenvalue weighted by atomic mass is 9.55. The number of benzene rings is 1. The predicted octanol–water partition coefficient (Wildman–Crippen LogP) is -0.209. The summed E-state index contributed by atoms with van der Waals surface area (Å²) in [6.45, 7) is 7.56. The van der Waals surface area contributed by atoms with Gasteiger partial charge in [-0.1, -0.05) is 30.4 Å². The highest BCUT2D eigenvalue weighted by molar-refractivity contribution is 6.39. The molecule has 2 rings (SSSR count). The average Bonchev–Trinajstić information content (AvgIpc) is 2.98. The van der Waals surface area contributed by atoms with Crippen molar-refractivity contribution in [2.75, 3.05) is 26.7 Å². The highest BCUT2D eigenvalue weighted by Gasteiger charge is 2.51. The molecule has 2 amide bonds. The Kier molecular flexibility index (Phi) is 13.5. The van der Waals surface area contributed by atoms with Gasteiger partial charge in [0.15, 0.2) is 0 Å². The minimum absolute atomic E-state index is 0.101. The van der Waals surface area contributed by atoms with Crippen LogP contribution in [-0.4, -0.2) is 126 Å². The van der Waals surface area contributed by atoms with Crippen LogP contribution in [0.15, 0.2) is 53.8 Å². The Labute approximate surface area is 269 Å². The van der Waals surface area contributed by atoms with E-state index in [2.05, 4.69) is 5.32 Å². The van der Waals surface area contributed by atoms with Gasteiger partial charge in [0.1, 0.15) is 40.4 Å². The molecule has 234 valence electrons. The summed E-state index contributed by atoms with van der Waals surface area (Å²) in [5.41, 5.74) is -4.82. The molecule has 8 radical (unpaired) electrons. The first-order valence-corrected chi connectivity index (χ1v) is 14.3. The van der Waals surface area contributed by atoms with Crippen molar-refractivity contribution >= 4 is 50.0 Å². The number of morpholine rings is 1. The Balaban J connectivity index is 2.37. The summed E-state index contributed by atoms with van der Waals surface area (Å²) in [5.74, 6) is -1.64. The molecule has 0 spiro atoms. The molecule has 0 aromatic heterocycles. The number of nitrogens with one attached hydrogen (secondary N) is 1. The van der Waals surface area contributed by atoms with Gasteiger partial charge in [0.2, 0.25) is 12.3 Å². The molecule has 0 bridgehead atoms. The summed E-state index contributed by atoms with van der Waals surface area (Å²) in [4.78, 5) is 38.9. The number of likely N-dealkylation sites (N-methyl/N-ethyl adjacent to an activating group) is 1. The number of aldehydes is 1. The quantitative estimate of drug-likeness (QED) is 0.107. The molecule has 1 heterocycles. The highest BCUT2D eigenvalue weighted by Crippen LogP contribution is 2.28. The molecule has 1 aliphatic rings. The molecule has 1 aromatic rings. The predicted molar refractivity (Wildman–Crippen MR) is 171 cm³/mol. The monoisotopic (exact) mass is 615 g/mol. The molecular formula is C30H38B4FN3O7. The van der Waals surface area contributed by atoms with E-state index in [1.54, 1.807) is 38.1 Å². The summed E-state index contributed by atoms with van der Waals surface area (Å²) >= 11 is 0. The average molecular weight is 615 g/mol. The third kappa shape index (κ3) is 9.22. The van der Waals surface area contributed by atoms with Gasteiger partial charge in [0, 0.05) is 37.8 Å². The Bertz CT molecular complexity index is 1300. The number of nitrogens with zero attached hydrogens (tertiary/aromatic N) is 2. The Morgan fingerprint density at radius 3 is 2.36 bits per heavy atom. The molecule has 3 N–H and O–H groups in total. The van der Waals surface area contributed by atoms with Gasteiger partial charge in [-0.25, -0.2) is 4.39 Å². The van der Waals surface area contributed by atoms with Crippen molar-refractivity contribution in [2.24, 2.45) is 0 Å². The van der Waals surface area contributed by atoms with Crippen molar-refractivity contribution in [3.05, 3.63) is 70.8 Å². The van der Waals surface area contributed by atoms with Crippen LogP contribution in [0.1, 0.15) is 38.8 Å². The summed E-state index contributed by atoms with van der Waals surface area (Å²) < 4.78 is 26.7. The minimum Gasteiger partial charge on any atom is -0.496 e. The lowest BCUT2D eigenvalue weighted by Gasteiger charge is -2.46. The van der Waals surface area contributed by atoms with E-state index in [0.29, 0.717) is 29.8 Å². The molecule has 5 atom stereocenters. The van der Waals surface area contributed by atoms with E-state index in [1.807, 2.05) is 18.7 Å². The van der Waals surface area contributed by atoms with Crippen molar-refractivity contribution in [3.8, 4) is 0 Å². The number of ether oxygens (including phenoxy) is 2. The van der Waals surface area contributed by atoms with E-state index in [9.17, 15) is 24.6 Å². The van der Waals surface area contributed by atoms with Crippen LogP contribution < -0.4 is 5.32 Å². The second-order valence-electron chi connectivity index (χ2n) is 11.2. The lowest BCUT2D eigenvalue weighted by molar-refractivity contribution is -0.152.